The summed E-state index contributed by atoms with van der Waals surface area (Å²) in [5.41, 5.74) is 0. The summed E-state index contributed by atoms with van der Waals surface area (Å²) in [6.07, 6.45) is 0.567. The molecule has 48 valence electrons. The molecule has 1 saturated heterocycles. The van der Waals surface area contributed by atoms with Gasteiger partial charge in [-0.2, -0.15) is 0 Å². The van der Waals surface area contributed by atoms with Crippen LogP contribution in [0.15, 0.2) is 0 Å². The lowest BCUT2D eigenvalue weighted by Crippen LogP contribution is -2.37. The second-order valence-electron chi connectivity index (χ2n) is 1.63. The normalized spacial score (nSPS) is 27.8. The van der Waals surface area contributed by atoms with Gasteiger partial charge < -0.3 is 17.9 Å². The SMILES string of the molecule is F[B-]1(F)OCCCO1. The van der Waals surface area contributed by atoms with Crippen LogP contribution in [0.2, 0.25) is 0 Å². The highest BCUT2D eigenvalue weighted by molar-refractivity contribution is 6.52. The van der Waals surface area contributed by atoms with Crippen molar-refractivity contribution in [2.45, 2.75) is 6.42 Å². The van der Waals surface area contributed by atoms with Gasteiger partial charge >= 0.3 is 7.11 Å². The van der Waals surface area contributed by atoms with Crippen LogP contribution >= 0.6 is 0 Å². The van der Waals surface area contributed by atoms with Crippen LogP contribution in [0.1, 0.15) is 6.42 Å². The van der Waals surface area contributed by atoms with Gasteiger partial charge in [0.25, 0.3) is 0 Å². The molecule has 0 aromatic carbocycles. The summed E-state index contributed by atoms with van der Waals surface area (Å²) in [6.45, 7) is 0.236. The average Bonchev–Trinajstić information content (AvgIpc) is 1.65. The zero-order valence-corrected chi connectivity index (χ0v) is 4.27. The molecule has 0 aromatic heterocycles. The van der Waals surface area contributed by atoms with Crippen LogP contribution in [0.3, 0.4) is 0 Å². The average molecular weight is 123 g/mol. The van der Waals surface area contributed by atoms with Crippen molar-refractivity contribution in [3.63, 3.8) is 0 Å². The van der Waals surface area contributed by atoms with E-state index in [1.54, 1.807) is 0 Å². The van der Waals surface area contributed by atoms with E-state index in [9.17, 15) is 8.63 Å². The fraction of sp³-hybridized carbons (Fsp3) is 1.00. The third-order valence-corrected chi connectivity index (χ3v) is 0.912. The molecule has 1 heterocycles. The van der Waals surface area contributed by atoms with Crippen molar-refractivity contribution < 1.29 is 17.9 Å². The largest absolute Gasteiger partial charge is 0.601 e. The van der Waals surface area contributed by atoms with Crippen LogP contribution in [0.5, 0.6) is 0 Å². The van der Waals surface area contributed by atoms with Crippen molar-refractivity contribution in [3.05, 3.63) is 0 Å². The molecule has 0 unspecified atom stereocenters. The minimum absolute atomic E-state index is 0.118. The fourth-order valence-corrected chi connectivity index (χ4v) is 0.548. The smallest absolute Gasteiger partial charge is 0.511 e. The third-order valence-electron chi connectivity index (χ3n) is 0.912. The Hall–Kier alpha value is -0.155. The molecule has 0 aliphatic carbocycles. The second kappa shape index (κ2) is 1.99. The molecule has 0 spiro atoms. The molecule has 1 aliphatic rings. The van der Waals surface area contributed by atoms with Gasteiger partial charge in [-0.1, -0.05) is 0 Å². The van der Waals surface area contributed by atoms with Gasteiger partial charge in [0.2, 0.25) is 0 Å². The maximum atomic E-state index is 11.8. The van der Waals surface area contributed by atoms with Gasteiger partial charge in [0.15, 0.2) is 0 Å². The van der Waals surface area contributed by atoms with Crippen LogP contribution < -0.4 is 0 Å². The van der Waals surface area contributed by atoms with Crippen LogP contribution in [-0.2, 0) is 9.31 Å². The van der Waals surface area contributed by atoms with E-state index in [0.717, 1.165) is 0 Å². The van der Waals surface area contributed by atoms with E-state index in [2.05, 4.69) is 9.31 Å². The van der Waals surface area contributed by atoms with Crippen molar-refractivity contribution in [2.75, 3.05) is 13.2 Å². The number of halogens is 2. The van der Waals surface area contributed by atoms with Gasteiger partial charge in [-0.25, -0.2) is 0 Å². The predicted octanol–water partition coefficient (Wildman–Crippen LogP) is 0.798. The molecule has 0 radical (unpaired) electrons. The third kappa shape index (κ3) is 1.42. The lowest BCUT2D eigenvalue weighted by atomic mass is 10.1. The van der Waals surface area contributed by atoms with E-state index in [0.29, 0.717) is 6.42 Å². The highest BCUT2D eigenvalue weighted by Crippen LogP contribution is 2.15. The first-order chi connectivity index (χ1) is 3.71. The lowest BCUT2D eigenvalue weighted by Gasteiger charge is -2.30. The van der Waals surface area contributed by atoms with E-state index in [-0.39, 0.29) is 13.2 Å². The summed E-state index contributed by atoms with van der Waals surface area (Å²) in [4.78, 5) is 0. The van der Waals surface area contributed by atoms with E-state index in [1.165, 1.54) is 0 Å². The topological polar surface area (TPSA) is 18.5 Å². The summed E-state index contributed by atoms with van der Waals surface area (Å²) < 4.78 is 31.6. The Labute approximate surface area is 45.8 Å². The number of hydrogen-bond donors (Lipinski definition) is 0. The predicted molar refractivity (Wildman–Crippen MR) is 24.5 cm³/mol. The van der Waals surface area contributed by atoms with Crippen molar-refractivity contribution in [1.82, 2.24) is 0 Å². The monoisotopic (exact) mass is 123 g/mol. The van der Waals surface area contributed by atoms with E-state index >= 15 is 0 Å². The van der Waals surface area contributed by atoms with E-state index < -0.39 is 7.11 Å². The van der Waals surface area contributed by atoms with Gasteiger partial charge in [0, 0.05) is 13.2 Å². The quantitative estimate of drug-likeness (QED) is 0.443. The molecule has 2 nitrogen and oxygen atoms in total. The minimum Gasteiger partial charge on any atom is -0.511 e. The maximum absolute atomic E-state index is 11.8. The summed E-state index contributed by atoms with van der Waals surface area (Å²) in [6, 6.07) is 0. The molecule has 0 N–H and O–H groups in total. The van der Waals surface area contributed by atoms with Crippen molar-refractivity contribution in [1.29, 1.82) is 0 Å². The first-order valence-electron chi connectivity index (χ1n) is 2.49. The van der Waals surface area contributed by atoms with Crippen LogP contribution in [-0.4, -0.2) is 20.3 Å². The Morgan fingerprint density at radius 2 is 1.62 bits per heavy atom. The first-order valence-corrected chi connectivity index (χ1v) is 2.49. The molecule has 1 rings (SSSR count). The molecule has 8 heavy (non-hydrogen) atoms. The second-order valence-corrected chi connectivity index (χ2v) is 1.63. The Balaban J connectivity index is 2.33. The fourth-order valence-electron chi connectivity index (χ4n) is 0.548. The summed E-state index contributed by atoms with van der Waals surface area (Å²) in [5.74, 6) is 0. The number of rotatable bonds is 0. The zero-order valence-electron chi connectivity index (χ0n) is 4.27. The molecule has 0 atom stereocenters. The molecule has 0 amide bonds. The Morgan fingerprint density at radius 3 is 1.88 bits per heavy atom. The Morgan fingerprint density at radius 1 is 1.12 bits per heavy atom. The summed E-state index contributed by atoms with van der Waals surface area (Å²) in [5, 5.41) is 0. The molecule has 0 saturated carbocycles. The molecule has 0 bridgehead atoms. The van der Waals surface area contributed by atoms with Crippen molar-refractivity contribution in [3.8, 4) is 0 Å². The summed E-state index contributed by atoms with van der Waals surface area (Å²) in [7, 11) is -3.89. The molecule has 0 aromatic rings. The van der Waals surface area contributed by atoms with Crippen LogP contribution in [0.4, 0.5) is 8.63 Å². The van der Waals surface area contributed by atoms with E-state index in [1.807, 2.05) is 0 Å². The minimum atomic E-state index is -3.89. The van der Waals surface area contributed by atoms with Crippen molar-refractivity contribution >= 4 is 7.11 Å². The standard InChI is InChI=1S/C3H6BF2O2/c5-4(6)7-2-1-3-8-4/h1-3H2/q-1. The van der Waals surface area contributed by atoms with Gasteiger partial charge in [-0.15, -0.1) is 0 Å². The zero-order chi connectivity index (χ0) is 6.04. The van der Waals surface area contributed by atoms with Gasteiger partial charge in [-0.05, 0) is 6.42 Å². The lowest BCUT2D eigenvalue weighted by molar-refractivity contribution is 0.0407. The van der Waals surface area contributed by atoms with E-state index in [4.69, 9.17) is 0 Å². The highest BCUT2D eigenvalue weighted by Gasteiger charge is 2.29. The summed E-state index contributed by atoms with van der Waals surface area (Å²) >= 11 is 0. The highest BCUT2D eigenvalue weighted by atomic mass is 19.3. The van der Waals surface area contributed by atoms with Crippen LogP contribution in [0, 0.1) is 0 Å². The molecular formula is C3H6BF2O2-. The Bertz CT molecular complexity index is 79.4. The van der Waals surface area contributed by atoms with Gasteiger partial charge in [0.1, 0.15) is 0 Å². The van der Waals surface area contributed by atoms with Gasteiger partial charge in [0.05, 0.1) is 0 Å². The molecule has 1 aliphatic heterocycles. The van der Waals surface area contributed by atoms with Crippen LogP contribution in [0.25, 0.3) is 0 Å². The molecular weight excluding hydrogens is 117 g/mol. The Kier molecular flexibility index (Phi) is 1.48. The van der Waals surface area contributed by atoms with Gasteiger partial charge in [-0.3, -0.25) is 0 Å². The molecule has 1 fully saturated rings. The maximum Gasteiger partial charge on any atom is 0.601 e. The number of hydrogen-bond acceptors (Lipinski definition) is 2. The first kappa shape index (κ1) is 5.97. The molecule has 5 heteroatoms. The van der Waals surface area contributed by atoms with Crippen molar-refractivity contribution in [2.24, 2.45) is 0 Å².